The Balaban J connectivity index is 1.84. The van der Waals surface area contributed by atoms with Gasteiger partial charge in [0.25, 0.3) is 0 Å². The maximum absolute atomic E-state index is 12.0. The van der Waals surface area contributed by atoms with Gasteiger partial charge in [-0.25, -0.2) is 8.42 Å². The molecule has 1 amide bonds. The first-order valence-corrected chi connectivity index (χ1v) is 8.60. The van der Waals surface area contributed by atoms with Crippen molar-refractivity contribution in [2.24, 2.45) is 5.73 Å². The summed E-state index contributed by atoms with van der Waals surface area (Å²) in [5, 5.41) is 2.87. The normalized spacial score (nSPS) is 35.2. The number of rotatable bonds is 3. The molecule has 2 rings (SSSR count). The largest absolute Gasteiger partial charge is 0.349 e. The summed E-state index contributed by atoms with van der Waals surface area (Å²) in [4.78, 5) is 14.0. The molecule has 19 heavy (non-hydrogen) atoms. The van der Waals surface area contributed by atoms with Gasteiger partial charge in [0, 0.05) is 12.6 Å². The second-order valence-corrected chi connectivity index (χ2v) is 8.27. The highest BCUT2D eigenvalue weighted by molar-refractivity contribution is 7.91. The topological polar surface area (TPSA) is 92.5 Å². The van der Waals surface area contributed by atoms with Crippen LogP contribution >= 0.6 is 0 Å². The molecule has 2 heterocycles. The van der Waals surface area contributed by atoms with E-state index >= 15 is 0 Å². The number of nitrogens with one attached hydrogen (secondary N) is 1. The van der Waals surface area contributed by atoms with E-state index < -0.39 is 15.4 Å². The Morgan fingerprint density at radius 2 is 2.26 bits per heavy atom. The number of hydrogen-bond acceptors (Lipinski definition) is 5. The third-order valence-electron chi connectivity index (χ3n) is 3.85. The molecule has 0 aliphatic carbocycles. The highest BCUT2D eigenvalue weighted by atomic mass is 32.2. The maximum atomic E-state index is 12.0. The Labute approximate surface area is 114 Å². The highest BCUT2D eigenvalue weighted by Gasteiger charge is 2.39. The van der Waals surface area contributed by atoms with Crippen molar-refractivity contribution in [2.45, 2.75) is 37.8 Å². The molecule has 0 aromatic carbocycles. The summed E-state index contributed by atoms with van der Waals surface area (Å²) in [6.45, 7) is 3.74. The van der Waals surface area contributed by atoms with Gasteiger partial charge in [0.2, 0.25) is 5.91 Å². The summed E-state index contributed by atoms with van der Waals surface area (Å²) in [7, 11) is -2.99. The van der Waals surface area contributed by atoms with Gasteiger partial charge in [-0.3, -0.25) is 9.69 Å². The molecule has 0 bridgehead atoms. The van der Waals surface area contributed by atoms with Crippen LogP contribution < -0.4 is 11.1 Å². The van der Waals surface area contributed by atoms with E-state index in [1.807, 2.05) is 4.90 Å². The first kappa shape index (κ1) is 14.7. The summed E-state index contributed by atoms with van der Waals surface area (Å²) < 4.78 is 23.0. The zero-order valence-corrected chi connectivity index (χ0v) is 12.2. The van der Waals surface area contributed by atoms with Crippen LogP contribution in [0.3, 0.4) is 0 Å². The number of piperidine rings is 1. The number of likely N-dealkylation sites (tertiary alicyclic amines) is 1. The molecule has 0 aromatic rings. The molecule has 2 aliphatic heterocycles. The van der Waals surface area contributed by atoms with Gasteiger partial charge < -0.3 is 11.1 Å². The molecule has 2 saturated heterocycles. The van der Waals surface area contributed by atoms with Crippen molar-refractivity contribution in [3.63, 3.8) is 0 Å². The van der Waals surface area contributed by atoms with Gasteiger partial charge in [-0.2, -0.15) is 0 Å². The lowest BCUT2D eigenvalue weighted by molar-refractivity contribution is -0.124. The van der Waals surface area contributed by atoms with Crippen LogP contribution in [0, 0.1) is 0 Å². The van der Waals surface area contributed by atoms with Crippen LogP contribution in [0.15, 0.2) is 0 Å². The molecule has 0 saturated carbocycles. The maximum Gasteiger partial charge on any atom is 0.234 e. The molecule has 3 N–H and O–H groups in total. The van der Waals surface area contributed by atoms with E-state index in [0.717, 1.165) is 25.9 Å². The monoisotopic (exact) mass is 289 g/mol. The number of nitrogens with zero attached hydrogens (tertiary/aromatic N) is 1. The van der Waals surface area contributed by atoms with Crippen molar-refractivity contribution in [3.05, 3.63) is 0 Å². The number of nitrogens with two attached hydrogens (primary N) is 1. The summed E-state index contributed by atoms with van der Waals surface area (Å²) in [5.74, 6) is 0.109. The van der Waals surface area contributed by atoms with E-state index in [1.54, 1.807) is 6.92 Å². The molecule has 0 aromatic heterocycles. The van der Waals surface area contributed by atoms with Crippen LogP contribution in [0.4, 0.5) is 0 Å². The average Bonchev–Trinajstić information content (AvgIpc) is 2.52. The smallest absolute Gasteiger partial charge is 0.234 e. The Morgan fingerprint density at radius 1 is 1.53 bits per heavy atom. The molecule has 0 spiro atoms. The lowest BCUT2D eigenvalue weighted by Crippen LogP contribution is -2.52. The van der Waals surface area contributed by atoms with Crippen LogP contribution in [0.5, 0.6) is 0 Å². The van der Waals surface area contributed by atoms with Gasteiger partial charge in [0.1, 0.15) is 0 Å². The second kappa shape index (κ2) is 5.38. The molecular formula is C12H23N3O3S. The number of carbonyl (C=O) groups excluding carboxylic acids is 1. The average molecular weight is 289 g/mol. The standard InChI is InChI=1S/C12H23N3O3S/c1-12(4-6-19(17,18)9-12)14-11(16)8-15-5-2-3-10(13)7-15/h10H,2-9,13H2,1H3,(H,14,16). The summed E-state index contributed by atoms with van der Waals surface area (Å²) >= 11 is 0. The first-order chi connectivity index (χ1) is 8.78. The van der Waals surface area contributed by atoms with Gasteiger partial charge >= 0.3 is 0 Å². The van der Waals surface area contributed by atoms with Gasteiger partial charge in [-0.05, 0) is 32.7 Å². The summed E-state index contributed by atoms with van der Waals surface area (Å²) in [6.07, 6.45) is 2.52. The Morgan fingerprint density at radius 3 is 2.84 bits per heavy atom. The highest BCUT2D eigenvalue weighted by Crippen LogP contribution is 2.22. The number of amides is 1. The fourth-order valence-electron chi connectivity index (χ4n) is 2.92. The molecule has 2 aliphatic rings. The fraction of sp³-hybridized carbons (Fsp3) is 0.917. The Kier molecular flexibility index (Phi) is 4.17. The zero-order valence-electron chi connectivity index (χ0n) is 11.4. The lowest BCUT2D eigenvalue weighted by Gasteiger charge is -2.31. The number of sulfone groups is 1. The molecule has 0 radical (unpaired) electrons. The first-order valence-electron chi connectivity index (χ1n) is 6.77. The quantitative estimate of drug-likeness (QED) is 0.702. The van der Waals surface area contributed by atoms with Gasteiger partial charge in [0.05, 0.1) is 23.6 Å². The molecular weight excluding hydrogens is 266 g/mol. The lowest BCUT2D eigenvalue weighted by atomic mass is 10.0. The predicted octanol–water partition coefficient (Wildman–Crippen LogP) is -0.897. The molecule has 7 heteroatoms. The van der Waals surface area contributed by atoms with E-state index in [2.05, 4.69) is 5.32 Å². The van der Waals surface area contributed by atoms with Crippen molar-refractivity contribution < 1.29 is 13.2 Å². The van der Waals surface area contributed by atoms with Crippen molar-refractivity contribution in [1.82, 2.24) is 10.2 Å². The van der Waals surface area contributed by atoms with Gasteiger partial charge in [-0.15, -0.1) is 0 Å². The van der Waals surface area contributed by atoms with E-state index in [1.165, 1.54) is 0 Å². The van der Waals surface area contributed by atoms with Crippen LogP contribution in [-0.2, 0) is 14.6 Å². The van der Waals surface area contributed by atoms with Crippen molar-refractivity contribution in [3.8, 4) is 0 Å². The Bertz CT molecular complexity index is 451. The molecule has 2 fully saturated rings. The predicted molar refractivity (Wildman–Crippen MR) is 73.5 cm³/mol. The minimum absolute atomic E-state index is 0.0469. The third-order valence-corrected chi connectivity index (χ3v) is 5.76. The van der Waals surface area contributed by atoms with Crippen molar-refractivity contribution in [2.75, 3.05) is 31.1 Å². The van der Waals surface area contributed by atoms with E-state index in [-0.39, 0.29) is 23.5 Å². The van der Waals surface area contributed by atoms with Crippen LogP contribution in [-0.4, -0.2) is 61.9 Å². The van der Waals surface area contributed by atoms with Crippen LogP contribution in [0.25, 0.3) is 0 Å². The van der Waals surface area contributed by atoms with Crippen LogP contribution in [0.1, 0.15) is 26.2 Å². The number of hydrogen-bond donors (Lipinski definition) is 2. The van der Waals surface area contributed by atoms with E-state index in [0.29, 0.717) is 13.0 Å². The zero-order chi connectivity index (χ0) is 14.1. The van der Waals surface area contributed by atoms with E-state index in [4.69, 9.17) is 5.73 Å². The van der Waals surface area contributed by atoms with Gasteiger partial charge in [-0.1, -0.05) is 0 Å². The van der Waals surface area contributed by atoms with Gasteiger partial charge in [0.15, 0.2) is 9.84 Å². The van der Waals surface area contributed by atoms with E-state index in [9.17, 15) is 13.2 Å². The molecule has 2 atom stereocenters. The molecule has 110 valence electrons. The fourth-order valence-corrected chi connectivity index (χ4v) is 5.02. The van der Waals surface area contributed by atoms with Crippen molar-refractivity contribution >= 4 is 15.7 Å². The third kappa shape index (κ3) is 4.15. The van der Waals surface area contributed by atoms with Crippen molar-refractivity contribution in [1.29, 1.82) is 0 Å². The Hall–Kier alpha value is -0.660. The minimum Gasteiger partial charge on any atom is -0.349 e. The second-order valence-electron chi connectivity index (χ2n) is 6.09. The summed E-state index contributed by atoms with van der Waals surface area (Å²) in [5.41, 5.74) is 5.27. The van der Waals surface area contributed by atoms with Crippen LogP contribution in [0.2, 0.25) is 0 Å². The molecule has 2 unspecified atom stereocenters. The molecule has 6 nitrogen and oxygen atoms in total. The minimum atomic E-state index is -2.99. The summed E-state index contributed by atoms with van der Waals surface area (Å²) in [6, 6.07) is 0.143. The number of carbonyl (C=O) groups is 1. The SMILES string of the molecule is CC1(NC(=O)CN2CCCC(N)C2)CCS(=O)(=O)C1.